The number of alkyl halides is 2. The van der Waals surface area contributed by atoms with Gasteiger partial charge in [-0.25, -0.2) is 19.2 Å². The summed E-state index contributed by atoms with van der Waals surface area (Å²) in [6.07, 6.45) is -17.8. The smallest absolute Gasteiger partial charge is 0.351 e. The van der Waals surface area contributed by atoms with Crippen molar-refractivity contribution in [3.63, 3.8) is 0 Å². The number of benzene rings is 2. The molecule has 1 unspecified atom stereocenters. The van der Waals surface area contributed by atoms with Gasteiger partial charge >= 0.3 is 53.5 Å². The number of anilines is 1. The molecule has 4 fully saturated rings. The molecule has 2 aromatic carbocycles. The first-order valence-corrected chi connectivity index (χ1v) is 25.1. The standard InChI is InChI=1S/C53H61F2N5O19/c1-25-30(22-52(71)43(78-44(67)29-15-11-8-12-16-29)41-50(6,21-31(74-26(2)61)38(25)49(52,4)5)33(63)19-34-51(41,24-73-34)79-27(3)62)75-45(68)40(39(59-47(57)69)28-13-9-7-10-14-28)77-37(65)20-36(64)72-23-32-42(66)53(54,55)46(76-32)60-18-17-35(56)58-48(60)70/h7-18,30-34,39-43,46,63,66,71H,19-24H2,1-6H3,(H2,56,58,70)(H3,57,59,69)/t30-,31-,32+,33-,34+,39+,40-,41-,42?,43-,46+,50+,51-,52+/m0/s1. The van der Waals surface area contributed by atoms with Crippen LogP contribution in [-0.2, 0) is 61.9 Å². The summed E-state index contributed by atoms with van der Waals surface area (Å²) in [6, 6.07) is 13.3. The van der Waals surface area contributed by atoms with Gasteiger partial charge < -0.3 is 70.0 Å². The maximum absolute atomic E-state index is 15.2. The summed E-state index contributed by atoms with van der Waals surface area (Å²) in [5, 5.41) is 39.0. The number of carbonyl (C=O) groups is 7. The van der Waals surface area contributed by atoms with Gasteiger partial charge in [0.1, 0.15) is 61.0 Å². The van der Waals surface area contributed by atoms with Gasteiger partial charge in [0, 0.05) is 43.7 Å². The van der Waals surface area contributed by atoms with Crippen molar-refractivity contribution < 1.29 is 95.6 Å². The van der Waals surface area contributed by atoms with Gasteiger partial charge in [-0.05, 0) is 48.3 Å². The molecule has 2 saturated carbocycles. The van der Waals surface area contributed by atoms with E-state index >= 15 is 13.6 Å². The Bertz CT molecular complexity index is 2980. The van der Waals surface area contributed by atoms with Gasteiger partial charge in [0.25, 0.3) is 0 Å². The fourth-order valence-corrected chi connectivity index (χ4v) is 12.1. The minimum atomic E-state index is -4.13. The van der Waals surface area contributed by atoms with Crippen LogP contribution in [0.5, 0.6) is 0 Å². The second-order valence-electron chi connectivity index (χ2n) is 21.2. The largest absolute Gasteiger partial charge is 0.462 e. The second-order valence-corrected chi connectivity index (χ2v) is 21.2. The Morgan fingerprint density at radius 1 is 0.899 bits per heavy atom. The first-order chi connectivity index (χ1) is 37.0. The summed E-state index contributed by atoms with van der Waals surface area (Å²) in [6.45, 7) is 7.28. The summed E-state index contributed by atoms with van der Waals surface area (Å²) in [7, 11) is 0. The van der Waals surface area contributed by atoms with Gasteiger partial charge in [-0.2, -0.15) is 13.8 Å². The van der Waals surface area contributed by atoms with Crippen molar-refractivity contribution in [3.8, 4) is 0 Å². The molecule has 0 radical (unpaired) electrons. The van der Waals surface area contributed by atoms with Gasteiger partial charge in [0.2, 0.25) is 12.3 Å². The Morgan fingerprint density at radius 2 is 1.56 bits per heavy atom. The molecule has 24 nitrogen and oxygen atoms in total. The first-order valence-electron chi connectivity index (χ1n) is 25.1. The zero-order chi connectivity index (χ0) is 57.7. The molecular weight excluding hydrogens is 1050 g/mol. The molecule has 3 heterocycles. The Morgan fingerprint density at radius 3 is 2.15 bits per heavy atom. The molecule has 26 heteroatoms. The average Bonchev–Trinajstić information content (AvgIpc) is 3.82. The Labute approximate surface area is 449 Å². The molecule has 2 saturated heterocycles. The molecule has 3 aromatic rings. The number of hydrogen-bond donors (Lipinski definition) is 6. The second kappa shape index (κ2) is 21.7. The van der Waals surface area contributed by atoms with Crippen molar-refractivity contribution in [1.29, 1.82) is 0 Å². The predicted octanol–water partition coefficient (Wildman–Crippen LogP) is 2.01. The number of aromatic nitrogens is 2. The molecule has 3 aliphatic carbocycles. The maximum Gasteiger partial charge on any atom is 0.351 e. The minimum Gasteiger partial charge on any atom is -0.462 e. The number of amides is 2. The highest BCUT2D eigenvalue weighted by atomic mass is 19.3. The number of nitrogens with zero attached hydrogens (tertiary/aromatic N) is 2. The number of rotatable bonds is 15. The normalized spacial score (nSPS) is 31.9. The zero-order valence-electron chi connectivity index (χ0n) is 43.7. The molecule has 79 heavy (non-hydrogen) atoms. The van der Waals surface area contributed by atoms with E-state index in [1.807, 2.05) is 0 Å². The number of nitrogen functional groups attached to an aromatic ring is 1. The van der Waals surface area contributed by atoms with E-state index in [1.54, 1.807) is 45.0 Å². The predicted molar refractivity (Wildman–Crippen MR) is 263 cm³/mol. The van der Waals surface area contributed by atoms with Crippen LogP contribution >= 0.6 is 0 Å². The lowest BCUT2D eigenvalue weighted by Crippen LogP contribution is -2.80. The number of aliphatic hydroxyl groups excluding tert-OH is 2. The van der Waals surface area contributed by atoms with Gasteiger partial charge in [-0.1, -0.05) is 69.3 Å². The van der Waals surface area contributed by atoms with Crippen molar-refractivity contribution in [1.82, 2.24) is 14.9 Å². The Kier molecular flexibility index (Phi) is 15.9. The maximum atomic E-state index is 15.2. The highest BCUT2D eigenvalue weighted by Crippen LogP contribution is 2.65. The molecule has 5 aliphatic rings. The molecule has 0 spiro atoms. The Hall–Kier alpha value is -7.39. The number of ether oxygens (including phenoxy) is 8. The molecule has 1 aromatic heterocycles. The summed E-state index contributed by atoms with van der Waals surface area (Å²) in [4.78, 5) is 111. The van der Waals surface area contributed by atoms with Crippen LogP contribution in [0.2, 0.25) is 0 Å². The molecule has 2 aliphatic heterocycles. The van der Waals surface area contributed by atoms with Crippen LogP contribution in [0.1, 0.15) is 95.4 Å². The lowest BCUT2D eigenvalue weighted by Gasteiger charge is -2.68. The number of halogens is 2. The summed E-state index contributed by atoms with van der Waals surface area (Å²) in [5.74, 6) is -12.7. The van der Waals surface area contributed by atoms with Crippen LogP contribution in [0.3, 0.4) is 0 Å². The fourth-order valence-electron chi connectivity index (χ4n) is 12.1. The molecule has 2 bridgehead atoms. The number of nitrogens with two attached hydrogens (primary N) is 2. The minimum absolute atomic E-state index is 0.0442. The van der Waals surface area contributed by atoms with E-state index in [9.17, 15) is 48.9 Å². The van der Waals surface area contributed by atoms with E-state index in [1.165, 1.54) is 43.3 Å². The van der Waals surface area contributed by atoms with Crippen molar-refractivity contribution in [3.05, 3.63) is 106 Å². The fraction of sp³-hybridized carbons (Fsp3) is 0.528. The van der Waals surface area contributed by atoms with Crippen molar-refractivity contribution in [2.45, 2.75) is 145 Å². The van der Waals surface area contributed by atoms with Gasteiger partial charge in [0.05, 0.1) is 24.2 Å². The molecule has 426 valence electrons. The number of carbonyl (C=O) groups excluding carboxylic acids is 7. The molecule has 8 rings (SSSR count). The van der Waals surface area contributed by atoms with Crippen LogP contribution in [0.15, 0.2) is 88.9 Å². The number of hydrogen-bond acceptors (Lipinski definition) is 21. The third kappa shape index (κ3) is 10.7. The van der Waals surface area contributed by atoms with Crippen LogP contribution in [0.4, 0.5) is 19.4 Å². The lowest BCUT2D eigenvalue weighted by atomic mass is 9.45. The molecule has 2 amide bonds. The van der Waals surface area contributed by atoms with Gasteiger partial charge in [-0.3, -0.25) is 23.7 Å². The van der Waals surface area contributed by atoms with Gasteiger partial charge in [-0.15, -0.1) is 0 Å². The van der Waals surface area contributed by atoms with E-state index < -0.39 is 162 Å². The highest BCUT2D eigenvalue weighted by molar-refractivity contribution is 5.93. The summed E-state index contributed by atoms with van der Waals surface area (Å²) >= 11 is 0. The summed E-state index contributed by atoms with van der Waals surface area (Å²) in [5.41, 5.74) is 3.05. The first kappa shape index (κ1) is 57.8. The number of nitrogens with one attached hydrogen (secondary N) is 1. The molecule has 8 N–H and O–H groups in total. The molecule has 14 atom stereocenters. The van der Waals surface area contributed by atoms with Crippen molar-refractivity contribution in [2.24, 2.45) is 22.5 Å². The number of esters is 6. The van der Waals surface area contributed by atoms with Crippen LogP contribution in [-0.4, -0.2) is 146 Å². The lowest BCUT2D eigenvalue weighted by molar-refractivity contribution is -0.354. The van der Waals surface area contributed by atoms with Crippen molar-refractivity contribution in [2.75, 3.05) is 18.9 Å². The number of urea groups is 1. The van der Waals surface area contributed by atoms with E-state index in [2.05, 4.69) is 10.3 Å². The van der Waals surface area contributed by atoms with Crippen LogP contribution in [0, 0.1) is 16.7 Å². The topological polar surface area (TPSA) is 353 Å². The van der Waals surface area contributed by atoms with E-state index in [4.69, 9.17) is 49.4 Å². The molecular formula is C53H61F2N5O19. The van der Waals surface area contributed by atoms with E-state index in [-0.39, 0.29) is 47.5 Å². The zero-order valence-corrected chi connectivity index (χ0v) is 43.7. The number of aliphatic hydroxyl groups is 3. The highest BCUT2D eigenvalue weighted by Gasteiger charge is 2.76. The van der Waals surface area contributed by atoms with E-state index in [0.717, 1.165) is 26.1 Å². The van der Waals surface area contributed by atoms with Gasteiger partial charge in [0.15, 0.2) is 11.7 Å². The average molecular weight is 1110 g/mol. The van der Waals surface area contributed by atoms with E-state index in [0.29, 0.717) is 4.57 Å². The quantitative estimate of drug-likeness (QED) is 0.0548. The number of primary amides is 1. The van der Waals surface area contributed by atoms with Crippen LogP contribution < -0.4 is 22.5 Å². The SMILES string of the molecule is CC(=O)O[C@H]1C[C@]2(C)[C@@H](O)C[C@H]3OC[C@@]3(OC(C)=O)[C@H]2[C@H](OC(=O)c2ccccc2)[C@]2(O)C[C@H](OC(=O)[C@@H](OC(=O)CC(=O)OC[C@H]3O[C@@H](n4ccc(N)nc4=O)C(F)(F)C3O)[C@H](NC(N)=O)c3ccccc3)C(C)=C1C2(C)C. The third-order valence-corrected chi connectivity index (χ3v) is 15.9. The van der Waals surface area contributed by atoms with Crippen molar-refractivity contribution >= 4 is 47.7 Å². The van der Waals surface area contributed by atoms with Crippen LogP contribution in [0.25, 0.3) is 0 Å². The monoisotopic (exact) mass is 1110 g/mol. The Balaban J connectivity index is 1.15. The third-order valence-electron chi connectivity index (χ3n) is 15.9. The summed E-state index contributed by atoms with van der Waals surface area (Å²) < 4.78 is 77.7. The number of fused-ring (bicyclic) bond motifs is 5.